The molecule has 0 aliphatic carbocycles. The van der Waals surface area contributed by atoms with Crippen molar-refractivity contribution in [3.8, 4) is 0 Å². The molecule has 2 atom stereocenters. The number of hydrogen-bond donors (Lipinski definition) is 1. The van der Waals surface area contributed by atoms with Crippen LogP contribution in [0.15, 0.2) is 0 Å². The van der Waals surface area contributed by atoms with E-state index in [1.165, 1.54) is 12.8 Å². The van der Waals surface area contributed by atoms with Crippen molar-refractivity contribution < 1.29 is 0 Å². The highest BCUT2D eigenvalue weighted by molar-refractivity contribution is 4.79. The molecule has 0 aromatic heterocycles. The quantitative estimate of drug-likeness (QED) is 0.679. The lowest BCUT2D eigenvalue weighted by molar-refractivity contribution is 0.147. The Morgan fingerprint density at radius 3 is 1.93 bits per heavy atom. The average molecular weight is 200 g/mol. The van der Waals surface area contributed by atoms with Gasteiger partial charge in [0.05, 0.1) is 0 Å². The summed E-state index contributed by atoms with van der Waals surface area (Å²) in [6, 6.07) is 1.91. The predicted octanol–water partition coefficient (Wildman–Crippen LogP) is 2.49. The van der Waals surface area contributed by atoms with E-state index in [0.29, 0.717) is 12.1 Å². The topological polar surface area (TPSA) is 15.3 Å². The molecule has 0 bridgehead atoms. The number of nitrogens with zero attached hydrogens (tertiary/aromatic N) is 1. The molecule has 0 aromatic rings. The zero-order valence-electron chi connectivity index (χ0n) is 10.8. The van der Waals surface area contributed by atoms with Gasteiger partial charge in [0.2, 0.25) is 0 Å². The Morgan fingerprint density at radius 1 is 1.07 bits per heavy atom. The van der Waals surface area contributed by atoms with E-state index in [-0.39, 0.29) is 0 Å². The number of rotatable bonds is 7. The van der Waals surface area contributed by atoms with Crippen LogP contribution in [0.1, 0.15) is 47.5 Å². The molecule has 0 spiro atoms. The van der Waals surface area contributed by atoms with Crippen LogP contribution in [0.4, 0.5) is 0 Å². The smallest absolute Gasteiger partial charge is 0.0218 e. The molecule has 1 N–H and O–H groups in total. The minimum Gasteiger partial charge on any atom is -0.313 e. The maximum Gasteiger partial charge on any atom is 0.0218 e. The summed E-state index contributed by atoms with van der Waals surface area (Å²) in [4.78, 5) is 2.51. The maximum absolute atomic E-state index is 3.49. The lowest BCUT2D eigenvalue weighted by Gasteiger charge is -2.35. The fourth-order valence-corrected chi connectivity index (χ4v) is 2.04. The molecule has 2 unspecified atom stereocenters. The second-order valence-electron chi connectivity index (χ2n) is 4.22. The Morgan fingerprint density at radius 2 is 1.57 bits per heavy atom. The average Bonchev–Trinajstić information content (AvgIpc) is 2.18. The van der Waals surface area contributed by atoms with E-state index in [2.05, 4.69) is 51.9 Å². The molecule has 0 saturated carbocycles. The molecular weight excluding hydrogens is 172 g/mol. The largest absolute Gasteiger partial charge is 0.313 e. The third-order valence-electron chi connectivity index (χ3n) is 3.41. The van der Waals surface area contributed by atoms with Crippen molar-refractivity contribution in [3.05, 3.63) is 0 Å². The van der Waals surface area contributed by atoms with E-state index in [1.807, 2.05) is 0 Å². The summed E-state index contributed by atoms with van der Waals surface area (Å²) in [7, 11) is 2.25. The van der Waals surface area contributed by atoms with Gasteiger partial charge in [-0.05, 0) is 40.3 Å². The van der Waals surface area contributed by atoms with Gasteiger partial charge in [0.15, 0.2) is 0 Å². The van der Waals surface area contributed by atoms with Gasteiger partial charge in [-0.25, -0.2) is 0 Å². The lowest BCUT2D eigenvalue weighted by atomic mass is 10.1. The summed E-state index contributed by atoms with van der Waals surface area (Å²) in [6.07, 6.45) is 2.49. The first-order valence-electron chi connectivity index (χ1n) is 6.03. The number of likely N-dealkylation sites (N-methyl/N-ethyl adjacent to an activating group) is 2. The van der Waals surface area contributed by atoms with Gasteiger partial charge >= 0.3 is 0 Å². The van der Waals surface area contributed by atoms with Gasteiger partial charge < -0.3 is 5.32 Å². The van der Waals surface area contributed by atoms with Gasteiger partial charge in [-0.1, -0.05) is 20.8 Å². The summed E-state index contributed by atoms with van der Waals surface area (Å²) in [5.74, 6) is 0. The van der Waals surface area contributed by atoms with E-state index < -0.39 is 0 Å². The molecule has 0 rings (SSSR count). The molecule has 0 aliphatic heterocycles. The molecule has 0 saturated heterocycles. The summed E-state index contributed by atoms with van der Waals surface area (Å²) in [5.41, 5.74) is 0. The Balaban J connectivity index is 4.13. The van der Waals surface area contributed by atoms with Crippen molar-refractivity contribution in [1.29, 1.82) is 0 Å². The predicted molar refractivity (Wildman–Crippen MR) is 64.7 cm³/mol. The van der Waals surface area contributed by atoms with Crippen molar-refractivity contribution in [3.63, 3.8) is 0 Å². The lowest BCUT2D eigenvalue weighted by Crippen LogP contribution is -2.48. The molecule has 0 radical (unpaired) electrons. The van der Waals surface area contributed by atoms with E-state index in [1.54, 1.807) is 0 Å². The molecule has 0 fully saturated rings. The highest BCUT2D eigenvalue weighted by atomic mass is 15.2. The van der Waals surface area contributed by atoms with Gasteiger partial charge in [-0.3, -0.25) is 4.90 Å². The fraction of sp³-hybridized carbons (Fsp3) is 1.00. The van der Waals surface area contributed by atoms with Crippen LogP contribution in [0.5, 0.6) is 0 Å². The Kier molecular flexibility index (Phi) is 7.20. The molecule has 86 valence electrons. The molecule has 0 amide bonds. The third-order valence-corrected chi connectivity index (χ3v) is 3.41. The van der Waals surface area contributed by atoms with Crippen LogP contribution in [0.25, 0.3) is 0 Å². The highest BCUT2D eigenvalue weighted by Gasteiger charge is 2.20. The first kappa shape index (κ1) is 13.9. The summed E-state index contributed by atoms with van der Waals surface area (Å²) < 4.78 is 0. The SMILES string of the molecule is CCNC(C)C(C)N(C)C(CC)CC. The normalized spacial score (nSPS) is 16.3. The molecule has 2 heteroatoms. The van der Waals surface area contributed by atoms with Crippen LogP contribution in [-0.2, 0) is 0 Å². The van der Waals surface area contributed by atoms with Gasteiger partial charge in [-0.2, -0.15) is 0 Å². The first-order valence-corrected chi connectivity index (χ1v) is 6.03. The highest BCUT2D eigenvalue weighted by Crippen LogP contribution is 2.12. The molecule has 0 aliphatic rings. The van der Waals surface area contributed by atoms with E-state index in [4.69, 9.17) is 0 Å². The first-order chi connectivity index (χ1) is 6.58. The molecule has 2 nitrogen and oxygen atoms in total. The maximum atomic E-state index is 3.49. The summed E-state index contributed by atoms with van der Waals surface area (Å²) in [6.45, 7) is 12.4. The zero-order valence-corrected chi connectivity index (χ0v) is 10.8. The minimum absolute atomic E-state index is 0.575. The van der Waals surface area contributed by atoms with Crippen LogP contribution in [0.2, 0.25) is 0 Å². The molecular formula is C12H28N2. The third kappa shape index (κ3) is 3.97. The number of hydrogen-bond acceptors (Lipinski definition) is 2. The zero-order chi connectivity index (χ0) is 11.1. The van der Waals surface area contributed by atoms with Gasteiger partial charge in [-0.15, -0.1) is 0 Å². The van der Waals surface area contributed by atoms with E-state index >= 15 is 0 Å². The van der Waals surface area contributed by atoms with Crippen LogP contribution < -0.4 is 5.32 Å². The van der Waals surface area contributed by atoms with E-state index in [9.17, 15) is 0 Å². The van der Waals surface area contributed by atoms with Crippen molar-refractivity contribution >= 4 is 0 Å². The van der Waals surface area contributed by atoms with Crippen LogP contribution in [0, 0.1) is 0 Å². The molecule has 0 aromatic carbocycles. The Hall–Kier alpha value is -0.0800. The monoisotopic (exact) mass is 200 g/mol. The second-order valence-corrected chi connectivity index (χ2v) is 4.22. The molecule has 0 heterocycles. The van der Waals surface area contributed by atoms with Gasteiger partial charge in [0.25, 0.3) is 0 Å². The van der Waals surface area contributed by atoms with E-state index in [0.717, 1.165) is 12.6 Å². The summed E-state index contributed by atoms with van der Waals surface area (Å²) >= 11 is 0. The van der Waals surface area contributed by atoms with Gasteiger partial charge in [0.1, 0.15) is 0 Å². The van der Waals surface area contributed by atoms with Crippen molar-refractivity contribution in [2.24, 2.45) is 0 Å². The van der Waals surface area contributed by atoms with Crippen molar-refractivity contribution in [1.82, 2.24) is 10.2 Å². The standard InChI is InChI=1S/C12H28N2/c1-7-12(8-2)14(6)11(5)10(4)13-9-3/h10-13H,7-9H2,1-6H3. The summed E-state index contributed by atoms with van der Waals surface area (Å²) in [5, 5.41) is 3.49. The van der Waals surface area contributed by atoms with Crippen LogP contribution in [0.3, 0.4) is 0 Å². The van der Waals surface area contributed by atoms with Crippen molar-refractivity contribution in [2.45, 2.75) is 65.6 Å². The van der Waals surface area contributed by atoms with Crippen molar-refractivity contribution in [2.75, 3.05) is 13.6 Å². The van der Waals surface area contributed by atoms with Crippen LogP contribution in [-0.4, -0.2) is 36.6 Å². The Labute approximate surface area is 90.1 Å². The number of nitrogens with one attached hydrogen (secondary N) is 1. The fourth-order valence-electron chi connectivity index (χ4n) is 2.04. The Bertz CT molecular complexity index is 132. The second kappa shape index (κ2) is 7.24. The molecule has 14 heavy (non-hydrogen) atoms. The van der Waals surface area contributed by atoms with Gasteiger partial charge in [0, 0.05) is 18.1 Å². The van der Waals surface area contributed by atoms with Crippen LogP contribution >= 0.6 is 0 Å². The minimum atomic E-state index is 0.575.